The predicted molar refractivity (Wildman–Crippen MR) is 134 cm³/mol. The lowest BCUT2D eigenvalue weighted by atomic mass is 9.91. The van der Waals surface area contributed by atoms with Crippen LogP contribution in [-0.2, 0) is 6.42 Å². The Morgan fingerprint density at radius 2 is 1.74 bits per heavy atom. The van der Waals surface area contributed by atoms with Crippen molar-refractivity contribution in [1.82, 2.24) is 15.3 Å². The third-order valence-corrected chi connectivity index (χ3v) is 6.31. The summed E-state index contributed by atoms with van der Waals surface area (Å²) in [5.41, 5.74) is 1.54. The van der Waals surface area contributed by atoms with Crippen LogP contribution < -0.4 is 15.5 Å². The van der Waals surface area contributed by atoms with Crippen molar-refractivity contribution in [1.29, 1.82) is 0 Å². The number of carbonyl (C=O) groups is 1. The minimum atomic E-state index is -0.529. The maximum absolute atomic E-state index is 13.4. The molecule has 0 saturated heterocycles. The second kappa shape index (κ2) is 10.8. The smallest absolute Gasteiger partial charge is 0.251 e. The molecule has 1 amide bonds. The highest BCUT2D eigenvalue weighted by molar-refractivity contribution is 6.31. The fourth-order valence-corrected chi connectivity index (χ4v) is 4.32. The number of carbonyl (C=O) groups excluding carboxylic acids is 1. The average Bonchev–Trinajstić information content (AvgIpc) is 2.82. The number of hydrogen-bond acceptors (Lipinski definition) is 5. The lowest BCUT2D eigenvalue weighted by Gasteiger charge is -2.30. The van der Waals surface area contributed by atoms with Gasteiger partial charge in [0.25, 0.3) is 5.91 Å². The van der Waals surface area contributed by atoms with Crippen molar-refractivity contribution in [2.75, 3.05) is 24.3 Å². The van der Waals surface area contributed by atoms with Gasteiger partial charge in [-0.05, 0) is 49.4 Å². The molecular formula is C26H29ClFN5O. The topological polar surface area (TPSA) is 70.2 Å². The summed E-state index contributed by atoms with van der Waals surface area (Å²) >= 11 is 5.81. The molecule has 0 atom stereocenters. The first kappa shape index (κ1) is 24.0. The average molecular weight is 482 g/mol. The molecule has 0 spiro atoms. The Balaban J connectivity index is 1.35. The molecule has 0 aliphatic heterocycles. The molecule has 0 unspecified atom stereocenters. The summed E-state index contributed by atoms with van der Waals surface area (Å²) in [5.74, 6) is 1.70. The number of nitrogens with one attached hydrogen (secondary N) is 2. The number of benzene rings is 2. The van der Waals surface area contributed by atoms with Crippen LogP contribution in [0.4, 0.5) is 16.0 Å². The first-order valence-electron chi connectivity index (χ1n) is 11.5. The van der Waals surface area contributed by atoms with Crippen LogP contribution in [0.3, 0.4) is 0 Å². The Morgan fingerprint density at radius 1 is 1.03 bits per heavy atom. The minimum absolute atomic E-state index is 0.0471. The Hall–Kier alpha value is -3.19. The van der Waals surface area contributed by atoms with Gasteiger partial charge in [-0.25, -0.2) is 14.4 Å². The molecule has 4 rings (SSSR count). The van der Waals surface area contributed by atoms with Crippen LogP contribution in [0.25, 0.3) is 0 Å². The van der Waals surface area contributed by atoms with E-state index in [1.54, 1.807) is 0 Å². The Bertz CT molecular complexity index is 1130. The largest absolute Gasteiger partial charge is 0.367 e. The van der Waals surface area contributed by atoms with E-state index in [0.717, 1.165) is 43.1 Å². The van der Waals surface area contributed by atoms with Gasteiger partial charge in [-0.2, -0.15) is 0 Å². The lowest BCUT2D eigenvalue weighted by Crippen LogP contribution is -2.40. The fraction of sp³-hybridized carbons (Fsp3) is 0.346. The molecular weight excluding hydrogens is 453 g/mol. The summed E-state index contributed by atoms with van der Waals surface area (Å²) in [6.07, 6.45) is 4.18. The van der Waals surface area contributed by atoms with Crippen LogP contribution in [0.1, 0.15) is 47.4 Å². The van der Waals surface area contributed by atoms with Gasteiger partial charge >= 0.3 is 0 Å². The number of nitrogens with zero attached hydrogens (tertiary/aromatic N) is 3. The highest BCUT2D eigenvalue weighted by Gasteiger charge is 2.23. The summed E-state index contributed by atoms with van der Waals surface area (Å²) in [6.45, 7) is 0. The van der Waals surface area contributed by atoms with E-state index in [9.17, 15) is 9.18 Å². The first-order chi connectivity index (χ1) is 16.4. The number of amides is 1. The molecule has 178 valence electrons. The van der Waals surface area contributed by atoms with E-state index in [1.165, 1.54) is 23.8 Å². The standard InChI is InChI=1S/C26H29ClFN5O/c1-33(2)25-16-24(31-23(32-25)14-17-6-4-3-5-7-17)29-19-9-11-20(12-10-19)30-26(34)18-8-13-22(28)21(27)15-18/h3-8,13,15-16,19-20H,9-12,14H2,1-2H3,(H,30,34)(H,29,31,32). The van der Waals surface area contributed by atoms with Crippen molar-refractivity contribution in [2.24, 2.45) is 0 Å². The van der Waals surface area contributed by atoms with E-state index < -0.39 is 5.82 Å². The number of anilines is 2. The molecule has 3 aromatic rings. The van der Waals surface area contributed by atoms with Crippen LogP contribution >= 0.6 is 11.6 Å². The SMILES string of the molecule is CN(C)c1cc(NC2CCC(NC(=O)c3ccc(F)c(Cl)c3)CC2)nc(Cc2ccccc2)n1. The van der Waals surface area contributed by atoms with Gasteiger partial charge < -0.3 is 15.5 Å². The Kier molecular flexibility index (Phi) is 7.63. The zero-order valence-corrected chi connectivity index (χ0v) is 20.1. The molecule has 8 heteroatoms. The maximum Gasteiger partial charge on any atom is 0.251 e. The van der Waals surface area contributed by atoms with Gasteiger partial charge in [0.2, 0.25) is 0 Å². The van der Waals surface area contributed by atoms with E-state index >= 15 is 0 Å². The van der Waals surface area contributed by atoms with E-state index in [2.05, 4.69) is 22.8 Å². The second-order valence-corrected chi connectivity index (χ2v) is 9.29. The zero-order chi connectivity index (χ0) is 24.1. The van der Waals surface area contributed by atoms with Crippen molar-refractivity contribution < 1.29 is 9.18 Å². The normalized spacial score (nSPS) is 17.8. The third kappa shape index (κ3) is 6.23. The number of halogens is 2. The second-order valence-electron chi connectivity index (χ2n) is 8.88. The summed E-state index contributed by atoms with van der Waals surface area (Å²) in [4.78, 5) is 24.0. The molecule has 0 radical (unpaired) electrons. The number of aromatic nitrogens is 2. The summed E-state index contributed by atoms with van der Waals surface area (Å²) in [5, 5.41) is 6.57. The molecule has 1 aliphatic rings. The van der Waals surface area contributed by atoms with E-state index in [4.69, 9.17) is 21.6 Å². The zero-order valence-electron chi connectivity index (χ0n) is 19.4. The van der Waals surface area contributed by atoms with Crippen molar-refractivity contribution >= 4 is 29.1 Å². The third-order valence-electron chi connectivity index (χ3n) is 6.02. The van der Waals surface area contributed by atoms with Gasteiger partial charge in [-0.15, -0.1) is 0 Å². The first-order valence-corrected chi connectivity index (χ1v) is 11.9. The van der Waals surface area contributed by atoms with Crippen molar-refractivity contribution in [3.8, 4) is 0 Å². The molecule has 0 bridgehead atoms. The van der Waals surface area contributed by atoms with Crippen LogP contribution in [0.15, 0.2) is 54.6 Å². The van der Waals surface area contributed by atoms with Gasteiger partial charge in [0.15, 0.2) is 0 Å². The molecule has 1 aromatic heterocycles. The summed E-state index contributed by atoms with van der Waals surface area (Å²) in [7, 11) is 3.95. The number of hydrogen-bond donors (Lipinski definition) is 2. The molecule has 1 saturated carbocycles. The van der Waals surface area contributed by atoms with Crippen LogP contribution in [0, 0.1) is 5.82 Å². The highest BCUT2D eigenvalue weighted by Crippen LogP contribution is 2.24. The molecule has 6 nitrogen and oxygen atoms in total. The van der Waals surface area contributed by atoms with Gasteiger partial charge in [-0.1, -0.05) is 41.9 Å². The van der Waals surface area contributed by atoms with Crippen molar-refractivity contribution in [3.05, 3.63) is 82.4 Å². The molecule has 2 N–H and O–H groups in total. The van der Waals surface area contributed by atoms with Crippen LogP contribution in [-0.4, -0.2) is 42.1 Å². The maximum atomic E-state index is 13.4. The predicted octanol–water partition coefficient (Wildman–Crippen LogP) is 5.08. The number of rotatable bonds is 7. The van der Waals surface area contributed by atoms with Crippen molar-refractivity contribution in [3.63, 3.8) is 0 Å². The molecule has 1 aliphatic carbocycles. The van der Waals surface area contributed by atoms with Gasteiger partial charge in [0.1, 0.15) is 23.3 Å². The van der Waals surface area contributed by atoms with Crippen LogP contribution in [0.5, 0.6) is 0 Å². The minimum Gasteiger partial charge on any atom is -0.367 e. The Labute approximate surface area is 204 Å². The van der Waals surface area contributed by atoms with E-state index in [1.807, 2.05) is 43.3 Å². The highest BCUT2D eigenvalue weighted by atomic mass is 35.5. The molecule has 1 fully saturated rings. The summed E-state index contributed by atoms with van der Waals surface area (Å²) < 4.78 is 13.4. The fourth-order valence-electron chi connectivity index (χ4n) is 4.14. The van der Waals surface area contributed by atoms with Gasteiger partial charge in [0.05, 0.1) is 5.02 Å². The Morgan fingerprint density at radius 3 is 2.41 bits per heavy atom. The lowest BCUT2D eigenvalue weighted by molar-refractivity contribution is 0.0926. The van der Waals surface area contributed by atoms with Gasteiger partial charge in [0, 0.05) is 44.2 Å². The molecule has 2 aromatic carbocycles. The monoisotopic (exact) mass is 481 g/mol. The van der Waals surface area contributed by atoms with E-state index in [0.29, 0.717) is 12.0 Å². The molecule has 34 heavy (non-hydrogen) atoms. The van der Waals surface area contributed by atoms with E-state index in [-0.39, 0.29) is 23.0 Å². The van der Waals surface area contributed by atoms with Gasteiger partial charge in [-0.3, -0.25) is 4.79 Å². The van der Waals surface area contributed by atoms with Crippen LogP contribution in [0.2, 0.25) is 5.02 Å². The quantitative estimate of drug-likeness (QED) is 0.492. The summed E-state index contributed by atoms with van der Waals surface area (Å²) in [6, 6.07) is 16.5. The van der Waals surface area contributed by atoms with Crippen molar-refractivity contribution in [2.45, 2.75) is 44.2 Å². The molecule has 1 heterocycles.